The SMILES string of the molecule is CC(C)CC(C)(C(=O)O)N(C)C(=O)OCc1ccccc1. The maximum Gasteiger partial charge on any atom is 0.410 e. The number of carbonyl (C=O) groups is 2. The smallest absolute Gasteiger partial charge is 0.410 e. The van der Waals surface area contributed by atoms with E-state index in [1.165, 1.54) is 7.05 Å². The highest BCUT2D eigenvalue weighted by Gasteiger charge is 2.41. The molecule has 5 nitrogen and oxygen atoms in total. The largest absolute Gasteiger partial charge is 0.480 e. The van der Waals surface area contributed by atoms with Gasteiger partial charge in [-0.05, 0) is 24.8 Å². The molecule has 116 valence electrons. The lowest BCUT2D eigenvalue weighted by molar-refractivity contribution is -0.149. The molecule has 1 N–H and O–H groups in total. The van der Waals surface area contributed by atoms with E-state index < -0.39 is 17.6 Å². The first-order valence-corrected chi connectivity index (χ1v) is 6.95. The number of carbonyl (C=O) groups excluding carboxylic acids is 1. The third kappa shape index (κ3) is 4.48. The van der Waals surface area contributed by atoms with Gasteiger partial charge in [-0.1, -0.05) is 44.2 Å². The summed E-state index contributed by atoms with van der Waals surface area (Å²) in [5.41, 5.74) is -0.415. The number of likely N-dealkylation sites (N-methyl/N-ethyl adjacent to an activating group) is 1. The number of hydrogen-bond donors (Lipinski definition) is 1. The molecule has 0 saturated carbocycles. The Hall–Kier alpha value is -2.04. The van der Waals surface area contributed by atoms with Crippen LogP contribution in [-0.4, -0.2) is 34.7 Å². The molecule has 1 atom stereocenters. The summed E-state index contributed by atoms with van der Waals surface area (Å²) in [6.07, 6.45) is -0.274. The van der Waals surface area contributed by atoms with Crippen LogP contribution in [0.3, 0.4) is 0 Å². The van der Waals surface area contributed by atoms with Crippen LogP contribution in [0.5, 0.6) is 0 Å². The minimum atomic E-state index is -1.28. The molecule has 1 amide bonds. The summed E-state index contributed by atoms with van der Waals surface area (Å²) < 4.78 is 5.19. The molecule has 0 bridgehead atoms. The lowest BCUT2D eigenvalue weighted by atomic mass is 9.89. The average molecular weight is 293 g/mol. The van der Waals surface area contributed by atoms with Crippen LogP contribution in [0, 0.1) is 5.92 Å². The summed E-state index contributed by atoms with van der Waals surface area (Å²) in [5.74, 6) is -0.883. The number of amides is 1. The third-order valence-corrected chi connectivity index (χ3v) is 3.49. The summed E-state index contributed by atoms with van der Waals surface area (Å²) in [6, 6.07) is 9.27. The maximum absolute atomic E-state index is 12.1. The van der Waals surface area contributed by atoms with Gasteiger partial charge in [-0.15, -0.1) is 0 Å². The van der Waals surface area contributed by atoms with Crippen LogP contribution in [0.2, 0.25) is 0 Å². The van der Waals surface area contributed by atoms with E-state index in [0.29, 0.717) is 6.42 Å². The number of benzene rings is 1. The van der Waals surface area contributed by atoms with Gasteiger partial charge in [0.2, 0.25) is 0 Å². The molecule has 0 spiro atoms. The monoisotopic (exact) mass is 293 g/mol. The van der Waals surface area contributed by atoms with E-state index in [1.807, 2.05) is 44.2 Å². The van der Waals surface area contributed by atoms with E-state index >= 15 is 0 Å². The van der Waals surface area contributed by atoms with Crippen LogP contribution in [0.4, 0.5) is 4.79 Å². The lowest BCUT2D eigenvalue weighted by Gasteiger charge is -2.35. The average Bonchev–Trinajstić information content (AvgIpc) is 2.44. The number of carboxylic acids is 1. The Kier molecular flexibility index (Phi) is 5.76. The second kappa shape index (κ2) is 7.11. The number of hydrogen-bond acceptors (Lipinski definition) is 3. The minimum Gasteiger partial charge on any atom is -0.480 e. The van der Waals surface area contributed by atoms with Gasteiger partial charge in [0.15, 0.2) is 0 Å². The molecular formula is C16H23NO4. The summed E-state index contributed by atoms with van der Waals surface area (Å²) in [4.78, 5) is 24.8. The van der Waals surface area contributed by atoms with E-state index in [0.717, 1.165) is 10.5 Å². The summed E-state index contributed by atoms with van der Waals surface area (Å²) in [5, 5.41) is 9.44. The Morgan fingerprint density at radius 1 is 1.29 bits per heavy atom. The molecule has 0 aliphatic carbocycles. The Morgan fingerprint density at radius 2 is 1.86 bits per heavy atom. The van der Waals surface area contributed by atoms with Gasteiger partial charge in [-0.25, -0.2) is 9.59 Å². The number of carboxylic acid groups (broad SMARTS) is 1. The number of aliphatic carboxylic acids is 1. The summed E-state index contributed by atoms with van der Waals surface area (Å²) in [6.45, 7) is 5.51. The van der Waals surface area contributed by atoms with Gasteiger partial charge < -0.3 is 9.84 Å². The van der Waals surface area contributed by atoms with Gasteiger partial charge in [-0.2, -0.15) is 0 Å². The van der Waals surface area contributed by atoms with E-state index in [2.05, 4.69) is 0 Å². The molecule has 5 heteroatoms. The molecule has 1 rings (SSSR count). The predicted molar refractivity (Wildman–Crippen MR) is 79.9 cm³/mol. The minimum absolute atomic E-state index is 0.126. The molecule has 0 radical (unpaired) electrons. The Morgan fingerprint density at radius 3 is 2.33 bits per heavy atom. The van der Waals surface area contributed by atoms with Crippen LogP contribution < -0.4 is 0 Å². The van der Waals surface area contributed by atoms with Crippen molar-refractivity contribution in [3.05, 3.63) is 35.9 Å². The highest BCUT2D eigenvalue weighted by atomic mass is 16.6. The van der Waals surface area contributed by atoms with E-state index in [1.54, 1.807) is 6.92 Å². The van der Waals surface area contributed by atoms with Crippen molar-refractivity contribution >= 4 is 12.1 Å². The number of ether oxygens (including phenoxy) is 1. The van der Waals surface area contributed by atoms with Crippen molar-refractivity contribution in [3.63, 3.8) is 0 Å². The fourth-order valence-electron chi connectivity index (χ4n) is 2.18. The van der Waals surface area contributed by atoms with Gasteiger partial charge >= 0.3 is 12.1 Å². The van der Waals surface area contributed by atoms with Crippen LogP contribution in [0.15, 0.2) is 30.3 Å². The van der Waals surface area contributed by atoms with E-state index in [9.17, 15) is 14.7 Å². The van der Waals surface area contributed by atoms with Crippen molar-refractivity contribution in [2.75, 3.05) is 7.05 Å². The van der Waals surface area contributed by atoms with Crippen LogP contribution in [-0.2, 0) is 16.1 Å². The number of nitrogens with zero attached hydrogens (tertiary/aromatic N) is 1. The van der Waals surface area contributed by atoms with Gasteiger partial charge in [0.05, 0.1) is 0 Å². The van der Waals surface area contributed by atoms with Crippen LogP contribution >= 0.6 is 0 Å². The van der Waals surface area contributed by atoms with Crippen molar-refractivity contribution < 1.29 is 19.4 Å². The Labute approximate surface area is 125 Å². The zero-order chi connectivity index (χ0) is 16.0. The first-order valence-electron chi connectivity index (χ1n) is 6.95. The molecule has 1 unspecified atom stereocenters. The molecule has 0 aliphatic heterocycles. The van der Waals surface area contributed by atoms with Gasteiger partial charge in [-0.3, -0.25) is 4.90 Å². The fraction of sp³-hybridized carbons (Fsp3) is 0.500. The van der Waals surface area contributed by atoms with Crippen molar-refractivity contribution in [1.82, 2.24) is 4.90 Å². The first kappa shape index (κ1) is 17.0. The quantitative estimate of drug-likeness (QED) is 0.875. The Balaban J connectivity index is 2.72. The van der Waals surface area contributed by atoms with E-state index in [-0.39, 0.29) is 12.5 Å². The normalized spacial score (nSPS) is 13.6. The zero-order valence-electron chi connectivity index (χ0n) is 13.0. The predicted octanol–water partition coefficient (Wildman–Crippen LogP) is 3.14. The molecule has 0 saturated heterocycles. The first-order chi connectivity index (χ1) is 9.77. The maximum atomic E-state index is 12.1. The second-order valence-corrected chi connectivity index (χ2v) is 5.78. The van der Waals surface area contributed by atoms with Crippen LogP contribution in [0.1, 0.15) is 32.8 Å². The molecule has 1 aromatic carbocycles. The highest BCUT2D eigenvalue weighted by molar-refractivity contribution is 5.83. The molecule has 1 aromatic rings. The second-order valence-electron chi connectivity index (χ2n) is 5.78. The van der Waals surface area contributed by atoms with Crippen molar-refractivity contribution in [2.45, 2.75) is 39.3 Å². The van der Waals surface area contributed by atoms with Crippen LogP contribution in [0.25, 0.3) is 0 Å². The molecule has 0 aliphatic rings. The number of rotatable bonds is 6. The van der Waals surface area contributed by atoms with Crippen molar-refractivity contribution in [1.29, 1.82) is 0 Å². The van der Waals surface area contributed by atoms with Gasteiger partial charge in [0.25, 0.3) is 0 Å². The van der Waals surface area contributed by atoms with Crippen molar-refractivity contribution in [2.24, 2.45) is 5.92 Å². The molecule has 0 fully saturated rings. The fourth-order valence-corrected chi connectivity index (χ4v) is 2.18. The highest BCUT2D eigenvalue weighted by Crippen LogP contribution is 2.24. The lowest BCUT2D eigenvalue weighted by Crippen LogP contribution is -2.54. The van der Waals surface area contributed by atoms with E-state index in [4.69, 9.17) is 4.74 Å². The Bertz CT molecular complexity index is 486. The summed E-state index contributed by atoms with van der Waals surface area (Å²) >= 11 is 0. The molecule has 21 heavy (non-hydrogen) atoms. The molecular weight excluding hydrogens is 270 g/mol. The molecule has 0 heterocycles. The standard InChI is InChI=1S/C16H23NO4/c1-12(2)10-16(3,14(18)19)17(4)15(20)21-11-13-8-6-5-7-9-13/h5-9,12H,10-11H2,1-4H3,(H,18,19). The van der Waals surface area contributed by atoms with Crippen molar-refractivity contribution in [3.8, 4) is 0 Å². The third-order valence-electron chi connectivity index (χ3n) is 3.49. The molecule has 0 aromatic heterocycles. The summed E-state index contributed by atoms with van der Waals surface area (Å²) in [7, 11) is 1.46. The van der Waals surface area contributed by atoms with Gasteiger partial charge in [0.1, 0.15) is 12.1 Å². The van der Waals surface area contributed by atoms with Gasteiger partial charge in [0, 0.05) is 7.05 Å². The topological polar surface area (TPSA) is 66.8 Å². The zero-order valence-corrected chi connectivity index (χ0v) is 13.0.